The molecule has 0 saturated carbocycles. The average molecular weight is 655 g/mol. The van der Waals surface area contributed by atoms with Gasteiger partial charge < -0.3 is 24.4 Å². The van der Waals surface area contributed by atoms with E-state index in [9.17, 15) is 14.4 Å². The molecule has 1 aliphatic heterocycles. The van der Waals surface area contributed by atoms with Crippen molar-refractivity contribution in [3.05, 3.63) is 95.2 Å². The molecule has 45 heavy (non-hydrogen) atoms. The van der Waals surface area contributed by atoms with Gasteiger partial charge in [-0.1, -0.05) is 18.2 Å². The molecule has 0 bridgehead atoms. The molecule has 240 valence electrons. The zero-order valence-corrected chi connectivity index (χ0v) is 27.7. The summed E-state index contributed by atoms with van der Waals surface area (Å²) >= 11 is 0. The van der Waals surface area contributed by atoms with Crippen molar-refractivity contribution in [1.82, 2.24) is 14.9 Å². The molecule has 1 atom stereocenters. The Labute approximate surface area is 276 Å². The lowest BCUT2D eigenvalue weighted by Gasteiger charge is -2.27. The van der Waals surface area contributed by atoms with Crippen LogP contribution in [-0.2, 0) is 16.1 Å². The highest BCUT2D eigenvalue weighted by atomic mass is 35.5. The Morgan fingerprint density at radius 1 is 0.933 bits per heavy atom. The van der Waals surface area contributed by atoms with Crippen LogP contribution in [0.5, 0.6) is 5.75 Å². The van der Waals surface area contributed by atoms with E-state index in [4.69, 9.17) is 4.74 Å². The Morgan fingerprint density at radius 2 is 1.67 bits per heavy atom. The van der Waals surface area contributed by atoms with Gasteiger partial charge in [0.1, 0.15) is 11.2 Å². The van der Waals surface area contributed by atoms with Gasteiger partial charge in [-0.25, -0.2) is 0 Å². The van der Waals surface area contributed by atoms with Crippen LogP contribution in [-0.4, -0.2) is 48.1 Å². The molecule has 2 amide bonds. The Kier molecular flexibility index (Phi) is 12.2. The van der Waals surface area contributed by atoms with Crippen LogP contribution in [0.1, 0.15) is 45.2 Å². The van der Waals surface area contributed by atoms with E-state index in [-0.39, 0.29) is 48.2 Å². The maximum Gasteiger partial charge on any atom is 0.258 e. The van der Waals surface area contributed by atoms with Crippen molar-refractivity contribution in [2.45, 2.75) is 46.2 Å². The molecule has 9 nitrogen and oxygen atoms in total. The van der Waals surface area contributed by atoms with Gasteiger partial charge in [0.2, 0.25) is 11.8 Å². The molecule has 4 aromatic rings. The molecule has 1 unspecified atom stereocenters. The van der Waals surface area contributed by atoms with Crippen molar-refractivity contribution >= 4 is 58.8 Å². The lowest BCUT2D eigenvalue weighted by atomic mass is 9.90. The number of aromatic nitrogens is 2. The van der Waals surface area contributed by atoms with Crippen molar-refractivity contribution in [3.8, 4) is 5.75 Å². The number of carbonyl (C=O) groups excluding carboxylic acids is 2. The van der Waals surface area contributed by atoms with Crippen molar-refractivity contribution in [2.75, 3.05) is 36.5 Å². The minimum atomic E-state index is -1.15. The van der Waals surface area contributed by atoms with Crippen LogP contribution in [0.4, 0.5) is 11.4 Å². The summed E-state index contributed by atoms with van der Waals surface area (Å²) in [6.07, 6.45) is 6.91. The van der Waals surface area contributed by atoms with Gasteiger partial charge in [-0.2, -0.15) is 0 Å². The van der Waals surface area contributed by atoms with E-state index in [1.807, 2.05) is 73.8 Å². The summed E-state index contributed by atoms with van der Waals surface area (Å²) in [6, 6.07) is 19.2. The fourth-order valence-corrected chi connectivity index (χ4v) is 5.67. The molecule has 0 aliphatic carbocycles. The quantitative estimate of drug-likeness (QED) is 0.163. The summed E-state index contributed by atoms with van der Waals surface area (Å²) in [5.41, 5.74) is 1.34. The van der Waals surface area contributed by atoms with Crippen molar-refractivity contribution in [2.24, 2.45) is 5.41 Å². The SMILES string of the molecule is CCN1C(=O)C(C)(C)C(=O)N(C)c2cc(OCCCNC(CCn3ccc4ccccc4c3=O)c3ccncc3)ccc21.Cl.Cl. The number of carbonyl (C=O) groups is 2. The molecule has 2 aromatic heterocycles. The molecule has 1 N–H and O–H groups in total. The highest BCUT2D eigenvalue weighted by Gasteiger charge is 2.45. The normalized spacial score (nSPS) is 14.7. The molecule has 2 aromatic carbocycles. The highest BCUT2D eigenvalue weighted by Crippen LogP contribution is 2.40. The lowest BCUT2D eigenvalue weighted by Crippen LogP contribution is -2.47. The summed E-state index contributed by atoms with van der Waals surface area (Å²) in [5.74, 6) is 0.187. The molecule has 3 heterocycles. The number of rotatable bonds is 11. The molecule has 0 spiro atoms. The van der Waals surface area contributed by atoms with E-state index >= 15 is 0 Å². The number of halogens is 2. The van der Waals surface area contributed by atoms with Gasteiger partial charge in [-0.05, 0) is 87.5 Å². The Morgan fingerprint density at radius 3 is 2.40 bits per heavy atom. The second kappa shape index (κ2) is 15.4. The fraction of sp³-hybridized carbons (Fsp3) is 0.353. The van der Waals surface area contributed by atoms with Crippen LogP contribution in [0, 0.1) is 5.41 Å². The molecule has 11 heteroatoms. The number of hydrogen-bond acceptors (Lipinski definition) is 6. The van der Waals surface area contributed by atoms with Crippen LogP contribution in [0.25, 0.3) is 10.8 Å². The summed E-state index contributed by atoms with van der Waals surface area (Å²) in [4.78, 5) is 46.6. The zero-order valence-electron chi connectivity index (χ0n) is 26.1. The Hall–Kier alpha value is -3.92. The maximum atomic E-state index is 13.1. The summed E-state index contributed by atoms with van der Waals surface area (Å²) in [5, 5.41) is 5.30. The first kappa shape index (κ1) is 35.6. The predicted octanol–water partition coefficient (Wildman–Crippen LogP) is 5.79. The topological polar surface area (TPSA) is 96.8 Å². The van der Waals surface area contributed by atoms with Gasteiger partial charge in [-0.15, -0.1) is 24.8 Å². The van der Waals surface area contributed by atoms with Gasteiger partial charge in [0.25, 0.3) is 5.56 Å². The van der Waals surface area contributed by atoms with Crippen LogP contribution < -0.4 is 25.4 Å². The monoisotopic (exact) mass is 653 g/mol. The average Bonchev–Trinajstić information content (AvgIpc) is 3.08. The van der Waals surface area contributed by atoms with Crippen LogP contribution in [0.2, 0.25) is 0 Å². The van der Waals surface area contributed by atoms with Crippen LogP contribution >= 0.6 is 24.8 Å². The first-order chi connectivity index (χ1) is 20.7. The number of amides is 2. The molecule has 5 rings (SSSR count). The van der Waals surface area contributed by atoms with Crippen LogP contribution in [0.15, 0.2) is 84.0 Å². The first-order valence-electron chi connectivity index (χ1n) is 14.8. The number of hydrogen-bond donors (Lipinski definition) is 1. The number of nitrogens with zero attached hydrogens (tertiary/aromatic N) is 4. The second-order valence-corrected chi connectivity index (χ2v) is 11.4. The van der Waals surface area contributed by atoms with Crippen molar-refractivity contribution in [1.29, 1.82) is 0 Å². The molecule has 0 fully saturated rings. The van der Waals surface area contributed by atoms with E-state index in [2.05, 4.69) is 10.3 Å². The smallest absolute Gasteiger partial charge is 0.258 e. The Bertz CT molecular complexity index is 1680. The zero-order chi connectivity index (χ0) is 30.6. The minimum absolute atomic E-state index is 0. The van der Waals surface area contributed by atoms with Crippen molar-refractivity contribution < 1.29 is 14.3 Å². The third kappa shape index (κ3) is 7.49. The molecular formula is C34H41Cl2N5O4. The third-order valence-corrected chi connectivity index (χ3v) is 8.17. The number of fused-ring (bicyclic) bond motifs is 2. The van der Waals surface area contributed by atoms with Gasteiger partial charge in [0.15, 0.2) is 0 Å². The predicted molar refractivity (Wildman–Crippen MR) is 184 cm³/mol. The van der Waals surface area contributed by atoms with E-state index < -0.39 is 5.41 Å². The molecular weight excluding hydrogens is 613 g/mol. The van der Waals surface area contributed by atoms with E-state index in [0.717, 1.165) is 29.2 Å². The van der Waals surface area contributed by atoms with Gasteiger partial charge >= 0.3 is 0 Å². The van der Waals surface area contributed by atoms with E-state index in [0.29, 0.717) is 43.4 Å². The van der Waals surface area contributed by atoms with Crippen LogP contribution in [0.3, 0.4) is 0 Å². The van der Waals surface area contributed by atoms with Crippen molar-refractivity contribution in [3.63, 3.8) is 0 Å². The second-order valence-electron chi connectivity index (χ2n) is 11.4. The summed E-state index contributed by atoms with van der Waals surface area (Å²) in [7, 11) is 1.70. The van der Waals surface area contributed by atoms with E-state index in [1.165, 1.54) is 0 Å². The number of benzene rings is 2. The minimum Gasteiger partial charge on any atom is -0.493 e. The largest absolute Gasteiger partial charge is 0.493 e. The molecule has 1 aliphatic rings. The summed E-state index contributed by atoms with van der Waals surface area (Å²) in [6.45, 7) is 7.48. The number of aryl methyl sites for hydroxylation is 1. The molecule has 0 saturated heterocycles. The maximum absolute atomic E-state index is 13.1. The van der Waals surface area contributed by atoms with Gasteiger partial charge in [0.05, 0.1) is 18.0 Å². The van der Waals surface area contributed by atoms with Gasteiger partial charge in [-0.3, -0.25) is 19.4 Å². The molecule has 0 radical (unpaired) electrons. The Balaban J connectivity index is 0.00000276. The number of pyridine rings is 2. The summed E-state index contributed by atoms with van der Waals surface area (Å²) < 4.78 is 7.85. The van der Waals surface area contributed by atoms with E-state index in [1.54, 1.807) is 47.7 Å². The fourth-order valence-electron chi connectivity index (χ4n) is 5.67. The highest BCUT2D eigenvalue weighted by molar-refractivity contribution is 6.20. The standard InChI is InChI=1S/C34H39N5O4.2ClH/c1-5-39-29-12-11-26(23-30(29)37(4)32(41)34(2,3)33(39)42)43-22-8-17-36-28(25-13-18-35-19-14-25)16-21-38-20-15-24-9-6-7-10-27(24)31(38)40;;/h6-7,9-15,18-20,23,28,36H,5,8,16-17,21-22H2,1-4H3;2*1H. The lowest BCUT2D eigenvalue weighted by molar-refractivity contribution is -0.137. The first-order valence-corrected chi connectivity index (χ1v) is 14.8. The number of ether oxygens (including phenoxy) is 1. The number of anilines is 2. The third-order valence-electron chi connectivity index (χ3n) is 8.17. The number of nitrogens with one attached hydrogen (secondary N) is 1. The van der Waals surface area contributed by atoms with Gasteiger partial charge in [0, 0.05) is 56.2 Å².